The smallest absolute Gasteiger partial charge is 0.333 e. The minimum Gasteiger partial charge on any atom is -0.479 e. The summed E-state index contributed by atoms with van der Waals surface area (Å²) in [4.78, 5) is 24.1. The van der Waals surface area contributed by atoms with Gasteiger partial charge in [0, 0.05) is 18.5 Å². The first-order chi connectivity index (χ1) is 14.6. The van der Waals surface area contributed by atoms with E-state index in [0.717, 1.165) is 27.8 Å². The van der Waals surface area contributed by atoms with Crippen LogP contribution in [0.2, 0.25) is 0 Å². The SMILES string of the molecule is C/C(=C\c1cccc(C)c1C)C(=O)NCc1cc(CC(OC(C)C)C(=O)O)ccc1C. The van der Waals surface area contributed by atoms with Crippen molar-refractivity contribution in [2.75, 3.05) is 0 Å². The summed E-state index contributed by atoms with van der Waals surface area (Å²) in [6.45, 7) is 11.9. The molecule has 5 heteroatoms. The van der Waals surface area contributed by atoms with E-state index in [1.54, 1.807) is 6.92 Å². The van der Waals surface area contributed by atoms with Crippen LogP contribution in [0.25, 0.3) is 6.08 Å². The molecule has 31 heavy (non-hydrogen) atoms. The predicted octanol–water partition coefficient (Wildman–Crippen LogP) is 4.75. The fourth-order valence-electron chi connectivity index (χ4n) is 3.32. The van der Waals surface area contributed by atoms with Gasteiger partial charge in [-0.3, -0.25) is 4.79 Å². The molecule has 1 atom stereocenters. The van der Waals surface area contributed by atoms with E-state index >= 15 is 0 Å². The monoisotopic (exact) mass is 423 g/mol. The molecule has 0 aliphatic rings. The summed E-state index contributed by atoms with van der Waals surface area (Å²) in [5.74, 6) is -1.10. The van der Waals surface area contributed by atoms with Crippen LogP contribution in [0.1, 0.15) is 54.2 Å². The zero-order valence-corrected chi connectivity index (χ0v) is 19.3. The van der Waals surface area contributed by atoms with Crippen molar-refractivity contribution in [3.05, 3.63) is 75.4 Å². The highest BCUT2D eigenvalue weighted by Gasteiger charge is 2.20. The predicted molar refractivity (Wildman–Crippen MR) is 124 cm³/mol. The minimum absolute atomic E-state index is 0.128. The summed E-state index contributed by atoms with van der Waals surface area (Å²) in [5.41, 5.74) is 6.89. The Labute approximate surface area is 185 Å². The molecule has 0 fully saturated rings. The quantitative estimate of drug-likeness (QED) is 0.571. The van der Waals surface area contributed by atoms with Gasteiger partial charge >= 0.3 is 5.97 Å². The number of amides is 1. The Morgan fingerprint density at radius 3 is 2.45 bits per heavy atom. The Bertz CT molecular complexity index is 975. The van der Waals surface area contributed by atoms with Crippen LogP contribution >= 0.6 is 0 Å². The van der Waals surface area contributed by atoms with Crippen LogP contribution < -0.4 is 5.32 Å². The summed E-state index contributed by atoms with van der Waals surface area (Å²) < 4.78 is 5.51. The van der Waals surface area contributed by atoms with Gasteiger partial charge in [-0.1, -0.05) is 36.4 Å². The van der Waals surface area contributed by atoms with Crippen LogP contribution in [0, 0.1) is 20.8 Å². The number of hydrogen-bond acceptors (Lipinski definition) is 3. The number of carboxylic acids is 1. The van der Waals surface area contributed by atoms with E-state index in [2.05, 4.69) is 25.2 Å². The van der Waals surface area contributed by atoms with Gasteiger partial charge in [0.25, 0.3) is 0 Å². The number of aliphatic carboxylic acids is 1. The molecule has 2 N–H and O–H groups in total. The molecule has 2 rings (SSSR count). The molecule has 166 valence electrons. The largest absolute Gasteiger partial charge is 0.479 e. The zero-order chi connectivity index (χ0) is 23.1. The van der Waals surface area contributed by atoms with E-state index in [0.29, 0.717) is 12.1 Å². The van der Waals surface area contributed by atoms with Gasteiger partial charge in [0.05, 0.1) is 6.10 Å². The first-order valence-corrected chi connectivity index (χ1v) is 10.6. The van der Waals surface area contributed by atoms with Crippen molar-refractivity contribution < 1.29 is 19.4 Å². The van der Waals surface area contributed by atoms with Gasteiger partial charge in [-0.15, -0.1) is 0 Å². The third-order valence-corrected chi connectivity index (χ3v) is 5.36. The van der Waals surface area contributed by atoms with Gasteiger partial charge in [0.2, 0.25) is 5.91 Å². The number of carbonyl (C=O) groups excluding carboxylic acids is 1. The van der Waals surface area contributed by atoms with Crippen LogP contribution in [0.4, 0.5) is 0 Å². The maximum absolute atomic E-state index is 12.6. The Kier molecular flexibility index (Phi) is 8.57. The molecule has 1 amide bonds. The van der Waals surface area contributed by atoms with Crippen molar-refractivity contribution in [2.24, 2.45) is 0 Å². The number of carbonyl (C=O) groups is 2. The molecule has 0 spiro atoms. The molecular weight excluding hydrogens is 390 g/mol. The van der Waals surface area contributed by atoms with E-state index in [1.165, 1.54) is 5.56 Å². The molecule has 0 aromatic heterocycles. The van der Waals surface area contributed by atoms with E-state index in [1.807, 2.05) is 57.2 Å². The van der Waals surface area contributed by atoms with Crippen molar-refractivity contribution >= 4 is 18.0 Å². The van der Waals surface area contributed by atoms with Crippen LogP contribution in [0.3, 0.4) is 0 Å². The number of hydrogen-bond donors (Lipinski definition) is 2. The Balaban J connectivity index is 2.09. The van der Waals surface area contributed by atoms with Gasteiger partial charge in [0.1, 0.15) is 0 Å². The molecular formula is C26H33NO4. The lowest BCUT2D eigenvalue weighted by atomic mass is 10.00. The van der Waals surface area contributed by atoms with Gasteiger partial charge < -0.3 is 15.2 Å². The van der Waals surface area contributed by atoms with Crippen molar-refractivity contribution in [3.8, 4) is 0 Å². The lowest BCUT2D eigenvalue weighted by Crippen LogP contribution is -2.29. The maximum atomic E-state index is 12.6. The van der Waals surface area contributed by atoms with Crippen LogP contribution in [-0.2, 0) is 27.3 Å². The second-order valence-corrected chi connectivity index (χ2v) is 8.28. The highest BCUT2D eigenvalue weighted by atomic mass is 16.5. The number of carboxylic acid groups (broad SMARTS) is 1. The lowest BCUT2D eigenvalue weighted by Gasteiger charge is -2.17. The van der Waals surface area contributed by atoms with Gasteiger partial charge in [-0.05, 0) is 81.0 Å². The topological polar surface area (TPSA) is 75.6 Å². The minimum atomic E-state index is -0.976. The lowest BCUT2D eigenvalue weighted by molar-refractivity contribution is -0.153. The molecule has 2 aromatic carbocycles. The van der Waals surface area contributed by atoms with E-state index in [9.17, 15) is 14.7 Å². The Hall–Kier alpha value is -2.92. The number of nitrogens with one attached hydrogen (secondary N) is 1. The maximum Gasteiger partial charge on any atom is 0.333 e. The normalized spacial score (nSPS) is 12.7. The first kappa shape index (κ1) is 24.4. The third kappa shape index (κ3) is 7.07. The summed E-state index contributed by atoms with van der Waals surface area (Å²) in [5, 5.41) is 12.4. The average molecular weight is 424 g/mol. The second-order valence-electron chi connectivity index (χ2n) is 8.28. The van der Waals surface area contributed by atoms with Crippen LogP contribution in [0.5, 0.6) is 0 Å². The number of ether oxygens (including phenoxy) is 1. The Morgan fingerprint density at radius 2 is 1.81 bits per heavy atom. The molecule has 0 aliphatic carbocycles. The summed E-state index contributed by atoms with van der Waals surface area (Å²) in [6, 6.07) is 11.8. The second kappa shape index (κ2) is 10.9. The molecule has 5 nitrogen and oxygen atoms in total. The summed E-state index contributed by atoms with van der Waals surface area (Å²) >= 11 is 0. The molecule has 0 saturated carbocycles. The molecule has 0 aliphatic heterocycles. The van der Waals surface area contributed by atoms with E-state index < -0.39 is 12.1 Å². The average Bonchev–Trinajstić information content (AvgIpc) is 2.70. The Morgan fingerprint density at radius 1 is 1.10 bits per heavy atom. The molecule has 2 aromatic rings. The fraction of sp³-hybridized carbons (Fsp3) is 0.385. The van der Waals surface area contributed by atoms with Crippen LogP contribution in [0.15, 0.2) is 42.0 Å². The van der Waals surface area contributed by atoms with Gasteiger partial charge in [-0.2, -0.15) is 0 Å². The van der Waals surface area contributed by atoms with Crippen LogP contribution in [-0.4, -0.2) is 29.2 Å². The van der Waals surface area contributed by atoms with Crippen molar-refractivity contribution in [1.29, 1.82) is 0 Å². The third-order valence-electron chi connectivity index (χ3n) is 5.36. The highest BCUT2D eigenvalue weighted by molar-refractivity contribution is 5.97. The molecule has 0 radical (unpaired) electrons. The number of aryl methyl sites for hydroxylation is 2. The number of rotatable bonds is 9. The molecule has 0 heterocycles. The van der Waals surface area contributed by atoms with E-state index in [4.69, 9.17) is 4.74 Å². The summed E-state index contributed by atoms with van der Waals surface area (Å²) in [7, 11) is 0. The van der Waals surface area contributed by atoms with Crippen molar-refractivity contribution in [1.82, 2.24) is 5.32 Å². The molecule has 0 saturated heterocycles. The summed E-state index contributed by atoms with van der Waals surface area (Å²) in [6.07, 6.45) is 1.12. The molecule has 0 bridgehead atoms. The van der Waals surface area contributed by atoms with Gasteiger partial charge in [-0.25, -0.2) is 4.79 Å². The highest BCUT2D eigenvalue weighted by Crippen LogP contribution is 2.17. The fourth-order valence-corrected chi connectivity index (χ4v) is 3.32. The molecule has 1 unspecified atom stereocenters. The van der Waals surface area contributed by atoms with Gasteiger partial charge in [0.15, 0.2) is 6.10 Å². The van der Waals surface area contributed by atoms with Crippen molar-refractivity contribution in [2.45, 2.75) is 66.7 Å². The standard InChI is InChI=1S/C26H33NO4/c1-16(2)31-24(26(29)30)14-21-11-10-18(4)23(13-21)15-27-25(28)19(5)12-22-9-7-8-17(3)20(22)6/h7-13,16,24H,14-15H2,1-6H3,(H,27,28)(H,29,30)/b19-12+. The van der Waals surface area contributed by atoms with E-state index in [-0.39, 0.29) is 18.4 Å². The zero-order valence-electron chi connectivity index (χ0n) is 19.3. The number of benzene rings is 2. The van der Waals surface area contributed by atoms with Crippen molar-refractivity contribution in [3.63, 3.8) is 0 Å². The first-order valence-electron chi connectivity index (χ1n) is 10.6.